The van der Waals surface area contributed by atoms with Gasteiger partial charge < -0.3 is 4.74 Å². The number of unbranched alkanes of at least 4 members (excludes halogenated alkanes) is 5. The molecule has 0 radical (unpaired) electrons. The minimum Gasteiger partial charge on any atom is -0.465 e. The van der Waals surface area contributed by atoms with Gasteiger partial charge in [0.25, 0.3) is 0 Å². The molecule has 0 aliphatic heterocycles. The van der Waals surface area contributed by atoms with Crippen molar-refractivity contribution in [2.45, 2.75) is 72.6 Å². The average molecular weight is 365 g/mol. The fourth-order valence-corrected chi connectivity index (χ4v) is 3.88. The van der Waals surface area contributed by atoms with Gasteiger partial charge in [0, 0.05) is 9.75 Å². The van der Waals surface area contributed by atoms with Crippen molar-refractivity contribution in [3.05, 3.63) is 28.5 Å². The third-order valence-corrected chi connectivity index (χ3v) is 5.93. The first-order valence-electron chi connectivity index (χ1n) is 9.34. The number of ether oxygens (including phenoxy) is 1. The van der Waals surface area contributed by atoms with Crippen LogP contribution in [0.4, 0.5) is 0 Å². The van der Waals surface area contributed by atoms with Crippen LogP contribution < -0.4 is 0 Å². The molecule has 0 amide bonds. The number of thiophene rings is 1. The summed E-state index contributed by atoms with van der Waals surface area (Å²) >= 11 is 1.63. The zero-order valence-electron chi connectivity index (χ0n) is 16.2. The molecule has 140 valence electrons. The largest absolute Gasteiger partial charge is 0.465 e. The van der Waals surface area contributed by atoms with Crippen molar-refractivity contribution >= 4 is 28.7 Å². The maximum atomic E-state index is 12.3. The van der Waals surface area contributed by atoms with Gasteiger partial charge in [-0.25, -0.2) is 0 Å². The number of rotatable bonds is 12. The number of aryl methyl sites for hydroxylation is 1. The Balaban J connectivity index is 2.71. The maximum absolute atomic E-state index is 12.3. The van der Waals surface area contributed by atoms with Crippen molar-refractivity contribution in [2.24, 2.45) is 5.41 Å². The van der Waals surface area contributed by atoms with E-state index in [4.69, 9.17) is 4.74 Å². The van der Waals surface area contributed by atoms with Crippen LogP contribution in [0.25, 0.3) is 5.57 Å². The number of Topliss-reactive ketones (excluding diaryl/α,β-unsaturated/α-hetero) is 1. The molecule has 0 bridgehead atoms. The molecule has 0 fully saturated rings. The molecule has 0 saturated heterocycles. The average Bonchev–Trinajstić information content (AvgIpc) is 3.05. The van der Waals surface area contributed by atoms with E-state index in [1.54, 1.807) is 25.2 Å². The summed E-state index contributed by atoms with van der Waals surface area (Å²) in [5.41, 5.74) is -0.768. The predicted molar refractivity (Wildman–Crippen MR) is 106 cm³/mol. The Morgan fingerprint density at radius 2 is 1.76 bits per heavy atom. The number of ketones is 1. The standard InChI is InChI=1S/C21H32O3S/c1-6-8-9-10-11-12-13-18-14-15-19(25-18)16(3)21(5,17(4)22)20(23)24-7-2/h14-15H,3,6-13H2,1-2,4-5H3. The SMILES string of the molecule is C=C(c1ccc(CCCCCCCC)s1)C(C)(C(C)=O)C(=O)OCC. The van der Waals surface area contributed by atoms with E-state index in [9.17, 15) is 9.59 Å². The Hall–Kier alpha value is -1.42. The molecule has 0 N–H and O–H groups in total. The van der Waals surface area contributed by atoms with E-state index >= 15 is 0 Å². The van der Waals surface area contributed by atoms with E-state index in [-0.39, 0.29) is 12.4 Å². The van der Waals surface area contributed by atoms with Gasteiger partial charge in [0.1, 0.15) is 5.41 Å². The molecule has 0 aliphatic carbocycles. The summed E-state index contributed by atoms with van der Waals surface area (Å²) < 4.78 is 5.11. The van der Waals surface area contributed by atoms with Crippen LogP contribution in [-0.4, -0.2) is 18.4 Å². The Kier molecular flexibility index (Phi) is 9.12. The van der Waals surface area contributed by atoms with Gasteiger partial charge in [-0.1, -0.05) is 45.6 Å². The maximum Gasteiger partial charge on any atom is 0.323 e. The van der Waals surface area contributed by atoms with Gasteiger partial charge >= 0.3 is 5.97 Å². The lowest BCUT2D eigenvalue weighted by Gasteiger charge is -2.26. The third kappa shape index (κ3) is 5.81. The predicted octanol–water partition coefficient (Wildman–Crippen LogP) is 5.82. The normalized spacial score (nSPS) is 13.3. The Morgan fingerprint density at radius 1 is 1.12 bits per heavy atom. The summed E-state index contributed by atoms with van der Waals surface area (Å²) in [4.78, 5) is 26.6. The molecule has 1 rings (SSSR count). The first-order valence-corrected chi connectivity index (χ1v) is 10.2. The lowest BCUT2D eigenvalue weighted by molar-refractivity contribution is -0.154. The van der Waals surface area contributed by atoms with E-state index in [1.165, 1.54) is 50.3 Å². The van der Waals surface area contributed by atoms with Crippen molar-refractivity contribution in [1.29, 1.82) is 0 Å². The highest BCUT2D eigenvalue weighted by Gasteiger charge is 2.43. The summed E-state index contributed by atoms with van der Waals surface area (Å²) in [5.74, 6) is -0.750. The Bertz CT molecular complexity index is 588. The van der Waals surface area contributed by atoms with E-state index in [1.807, 2.05) is 6.07 Å². The first kappa shape index (κ1) is 21.6. The fourth-order valence-electron chi connectivity index (χ4n) is 2.76. The molecular formula is C21H32O3S. The molecular weight excluding hydrogens is 332 g/mol. The number of esters is 1. The van der Waals surface area contributed by atoms with Gasteiger partial charge in [-0.3, -0.25) is 9.59 Å². The molecule has 3 nitrogen and oxygen atoms in total. The van der Waals surface area contributed by atoms with Crippen LogP contribution in [0.3, 0.4) is 0 Å². The van der Waals surface area contributed by atoms with Gasteiger partial charge in [-0.2, -0.15) is 0 Å². The number of hydrogen-bond acceptors (Lipinski definition) is 4. The van der Waals surface area contributed by atoms with Gasteiger partial charge in [0.15, 0.2) is 5.78 Å². The second-order valence-corrected chi connectivity index (χ2v) is 7.83. The summed E-state index contributed by atoms with van der Waals surface area (Å²) in [6, 6.07) is 4.06. The number of carbonyl (C=O) groups is 2. The highest BCUT2D eigenvalue weighted by Crippen LogP contribution is 2.39. The molecule has 1 unspecified atom stereocenters. The smallest absolute Gasteiger partial charge is 0.323 e. The van der Waals surface area contributed by atoms with Gasteiger partial charge in [0.2, 0.25) is 0 Å². The minimum absolute atomic E-state index is 0.234. The summed E-state index contributed by atoms with van der Waals surface area (Å²) in [6.07, 6.45) is 8.68. The zero-order valence-corrected chi connectivity index (χ0v) is 17.0. The van der Waals surface area contributed by atoms with Crippen molar-refractivity contribution in [3.63, 3.8) is 0 Å². The minimum atomic E-state index is -1.31. The summed E-state index contributed by atoms with van der Waals surface area (Å²) in [6.45, 7) is 11.3. The van der Waals surface area contributed by atoms with Crippen LogP contribution in [0.1, 0.15) is 76.0 Å². The van der Waals surface area contributed by atoms with Crippen LogP contribution in [0, 0.1) is 5.41 Å². The fraction of sp³-hybridized carbons (Fsp3) is 0.619. The van der Waals surface area contributed by atoms with Crippen LogP contribution >= 0.6 is 11.3 Å². The van der Waals surface area contributed by atoms with Crippen LogP contribution in [-0.2, 0) is 20.7 Å². The Morgan fingerprint density at radius 3 is 2.36 bits per heavy atom. The Labute approximate surface area is 156 Å². The van der Waals surface area contributed by atoms with Gasteiger partial charge in [-0.15, -0.1) is 11.3 Å². The highest BCUT2D eigenvalue weighted by molar-refractivity contribution is 7.13. The van der Waals surface area contributed by atoms with Gasteiger partial charge in [-0.05, 0) is 51.3 Å². The number of hydrogen-bond donors (Lipinski definition) is 0. The van der Waals surface area contributed by atoms with Crippen molar-refractivity contribution in [3.8, 4) is 0 Å². The first-order chi connectivity index (χ1) is 11.9. The molecule has 1 aromatic heterocycles. The van der Waals surface area contributed by atoms with Crippen LogP contribution in [0.5, 0.6) is 0 Å². The van der Waals surface area contributed by atoms with E-state index < -0.39 is 11.4 Å². The van der Waals surface area contributed by atoms with Crippen molar-refractivity contribution < 1.29 is 14.3 Å². The van der Waals surface area contributed by atoms with Crippen molar-refractivity contribution in [1.82, 2.24) is 0 Å². The molecule has 1 atom stereocenters. The zero-order chi connectivity index (χ0) is 18.9. The molecule has 1 aromatic rings. The van der Waals surface area contributed by atoms with Crippen LogP contribution in [0.2, 0.25) is 0 Å². The van der Waals surface area contributed by atoms with E-state index in [0.717, 1.165) is 11.3 Å². The lowest BCUT2D eigenvalue weighted by atomic mass is 9.78. The molecule has 0 saturated carbocycles. The highest BCUT2D eigenvalue weighted by atomic mass is 32.1. The lowest BCUT2D eigenvalue weighted by Crippen LogP contribution is -2.37. The van der Waals surface area contributed by atoms with E-state index in [2.05, 4.69) is 19.6 Å². The molecule has 0 spiro atoms. The molecule has 0 aromatic carbocycles. The molecule has 1 heterocycles. The monoisotopic (exact) mass is 364 g/mol. The molecule has 4 heteroatoms. The van der Waals surface area contributed by atoms with E-state index in [0.29, 0.717) is 5.57 Å². The summed E-state index contributed by atoms with van der Waals surface area (Å²) in [7, 11) is 0. The second kappa shape index (κ2) is 10.5. The van der Waals surface area contributed by atoms with Gasteiger partial charge in [0.05, 0.1) is 6.61 Å². The topological polar surface area (TPSA) is 43.4 Å². The van der Waals surface area contributed by atoms with Crippen LogP contribution in [0.15, 0.2) is 18.7 Å². The summed E-state index contributed by atoms with van der Waals surface area (Å²) in [5, 5.41) is 0. The number of carbonyl (C=O) groups excluding carboxylic acids is 2. The molecule has 0 aliphatic rings. The molecule has 25 heavy (non-hydrogen) atoms. The van der Waals surface area contributed by atoms with Crippen molar-refractivity contribution in [2.75, 3.05) is 6.61 Å². The third-order valence-electron chi connectivity index (χ3n) is 4.73. The quantitative estimate of drug-likeness (QED) is 0.266. The second-order valence-electron chi connectivity index (χ2n) is 6.66.